The average molecular weight is 546 g/mol. The van der Waals surface area contributed by atoms with Gasteiger partial charge in [0.1, 0.15) is 11.8 Å². The van der Waals surface area contributed by atoms with Gasteiger partial charge >= 0.3 is 0 Å². The van der Waals surface area contributed by atoms with Crippen molar-refractivity contribution in [1.82, 2.24) is 15.5 Å². The number of aromatic hydroxyl groups is 1. The third-order valence-electron chi connectivity index (χ3n) is 7.64. The fourth-order valence-electron chi connectivity index (χ4n) is 4.76. The van der Waals surface area contributed by atoms with Gasteiger partial charge in [-0.2, -0.15) is 0 Å². The predicted octanol–water partition coefficient (Wildman–Crippen LogP) is 3.19. The summed E-state index contributed by atoms with van der Waals surface area (Å²) >= 11 is 0. The summed E-state index contributed by atoms with van der Waals surface area (Å²) in [6, 6.07) is 10.1. The largest absolute Gasteiger partial charge is 0.508 e. The highest BCUT2D eigenvalue weighted by Gasteiger charge is 2.64. The molecule has 2 aromatic carbocycles. The molecule has 10 heteroatoms. The van der Waals surface area contributed by atoms with E-state index in [9.17, 15) is 24.6 Å². The van der Waals surface area contributed by atoms with Gasteiger partial charge < -0.3 is 25.7 Å². The van der Waals surface area contributed by atoms with Crippen molar-refractivity contribution in [3.05, 3.63) is 65.2 Å². The first-order valence-corrected chi connectivity index (χ1v) is 13.0. The van der Waals surface area contributed by atoms with Crippen molar-refractivity contribution in [3.8, 4) is 5.75 Å². The highest BCUT2D eigenvalue weighted by molar-refractivity contribution is 5.97. The molecule has 4 atom stereocenters. The number of carbonyl (C=O) groups is 3. The second-order valence-electron chi connectivity index (χ2n) is 10.8. The van der Waals surface area contributed by atoms with Crippen molar-refractivity contribution in [3.63, 3.8) is 0 Å². The standard InChI is InChI=1S/C29H37F2N3O5/c1-6-17(2)32-26(38)24-28(4,5)29(30,31)16-34(24)27(39)23(36)21(15-19-11-8-7-9-12-19)33-25(37)20-13-10-14-22(35)18(20)3/h7-14,17,21,23-24,35-36H,6,15-16H2,1-5H3,(H,32,38)(H,33,37)/t17?,21-,23-,24+/m0/s1. The van der Waals surface area contributed by atoms with Crippen LogP contribution in [0, 0.1) is 12.3 Å². The van der Waals surface area contributed by atoms with Gasteiger partial charge in [-0.05, 0) is 44.4 Å². The number of carbonyl (C=O) groups excluding carboxylic acids is 3. The summed E-state index contributed by atoms with van der Waals surface area (Å²) in [6.45, 7) is 6.51. The Labute approximate surface area is 227 Å². The van der Waals surface area contributed by atoms with Crippen LogP contribution < -0.4 is 10.6 Å². The van der Waals surface area contributed by atoms with Gasteiger partial charge in [0.15, 0.2) is 6.10 Å². The van der Waals surface area contributed by atoms with E-state index in [0.29, 0.717) is 17.5 Å². The maximum absolute atomic E-state index is 15.1. The predicted molar refractivity (Wildman–Crippen MR) is 142 cm³/mol. The third kappa shape index (κ3) is 6.21. The Kier molecular flexibility index (Phi) is 9.00. The van der Waals surface area contributed by atoms with Crippen LogP contribution in [-0.2, 0) is 16.0 Å². The molecule has 1 saturated heterocycles. The number of alkyl halides is 2. The van der Waals surface area contributed by atoms with Crippen molar-refractivity contribution in [2.75, 3.05) is 6.54 Å². The molecule has 212 valence electrons. The van der Waals surface area contributed by atoms with Crippen molar-refractivity contribution >= 4 is 17.7 Å². The number of hydrogen-bond acceptors (Lipinski definition) is 5. The second kappa shape index (κ2) is 11.7. The molecule has 1 fully saturated rings. The lowest BCUT2D eigenvalue weighted by molar-refractivity contribution is -0.148. The zero-order valence-electron chi connectivity index (χ0n) is 22.9. The van der Waals surface area contributed by atoms with E-state index in [2.05, 4.69) is 10.6 Å². The molecule has 39 heavy (non-hydrogen) atoms. The first kappa shape index (κ1) is 30.0. The third-order valence-corrected chi connectivity index (χ3v) is 7.64. The van der Waals surface area contributed by atoms with Crippen molar-refractivity contribution < 1.29 is 33.4 Å². The SMILES string of the molecule is CCC(C)NC(=O)[C@H]1N(C(=O)[C@@H](O)[C@H](Cc2ccccc2)NC(=O)c2cccc(O)c2C)CC(F)(F)C1(C)C. The summed E-state index contributed by atoms with van der Waals surface area (Å²) in [7, 11) is 0. The van der Waals surface area contributed by atoms with Crippen LogP contribution in [0.1, 0.15) is 55.6 Å². The number of phenols is 1. The van der Waals surface area contributed by atoms with Crippen molar-refractivity contribution in [2.24, 2.45) is 5.41 Å². The molecule has 4 N–H and O–H groups in total. The lowest BCUT2D eigenvalue weighted by atomic mass is 9.81. The highest BCUT2D eigenvalue weighted by atomic mass is 19.3. The van der Waals surface area contributed by atoms with E-state index in [0.717, 1.165) is 4.90 Å². The number of phenolic OH excluding ortho intramolecular Hbond substituents is 1. The summed E-state index contributed by atoms with van der Waals surface area (Å²) in [5.74, 6) is -5.98. The molecule has 2 aromatic rings. The van der Waals surface area contributed by atoms with E-state index in [1.165, 1.54) is 32.0 Å². The number of benzene rings is 2. The number of nitrogens with zero attached hydrogens (tertiary/aromatic N) is 1. The summed E-state index contributed by atoms with van der Waals surface area (Å²) in [4.78, 5) is 40.7. The van der Waals surface area contributed by atoms with Crippen LogP contribution in [0.25, 0.3) is 0 Å². The van der Waals surface area contributed by atoms with Gasteiger partial charge in [0.05, 0.1) is 18.0 Å². The zero-order valence-corrected chi connectivity index (χ0v) is 22.9. The van der Waals surface area contributed by atoms with Crippen molar-refractivity contribution in [1.29, 1.82) is 0 Å². The van der Waals surface area contributed by atoms with Crippen LogP contribution >= 0.6 is 0 Å². The van der Waals surface area contributed by atoms with E-state index in [-0.39, 0.29) is 23.8 Å². The monoisotopic (exact) mass is 545 g/mol. The minimum Gasteiger partial charge on any atom is -0.508 e. The molecule has 1 heterocycles. The lowest BCUT2D eigenvalue weighted by Crippen LogP contribution is -2.58. The highest BCUT2D eigenvalue weighted by Crippen LogP contribution is 2.48. The molecule has 8 nitrogen and oxygen atoms in total. The Bertz CT molecular complexity index is 1200. The number of aliphatic hydroxyl groups is 1. The average Bonchev–Trinajstić information content (AvgIpc) is 3.08. The summed E-state index contributed by atoms with van der Waals surface area (Å²) in [5.41, 5.74) is -0.790. The Hall–Kier alpha value is -3.53. The molecule has 3 amide bonds. The molecule has 1 aliphatic heterocycles. The molecule has 0 spiro atoms. The Morgan fingerprint density at radius 1 is 1.08 bits per heavy atom. The zero-order chi connectivity index (χ0) is 29.1. The maximum atomic E-state index is 15.1. The van der Waals surface area contributed by atoms with E-state index in [4.69, 9.17) is 0 Å². The summed E-state index contributed by atoms with van der Waals surface area (Å²) < 4.78 is 30.3. The van der Waals surface area contributed by atoms with Gasteiger partial charge in [-0.1, -0.05) is 57.2 Å². The topological polar surface area (TPSA) is 119 Å². The quantitative estimate of drug-likeness (QED) is 0.386. The molecule has 0 saturated carbocycles. The normalized spacial score (nSPS) is 20.1. The number of rotatable bonds is 9. The second-order valence-corrected chi connectivity index (χ2v) is 10.8. The summed E-state index contributed by atoms with van der Waals surface area (Å²) in [5, 5.41) is 26.6. The molecular weight excluding hydrogens is 508 g/mol. The smallest absolute Gasteiger partial charge is 0.272 e. The number of nitrogens with one attached hydrogen (secondary N) is 2. The van der Waals surface area contributed by atoms with Crippen LogP contribution in [-0.4, -0.2) is 69.5 Å². The van der Waals surface area contributed by atoms with E-state index in [1.807, 2.05) is 6.92 Å². The Balaban J connectivity index is 1.95. The molecule has 1 unspecified atom stereocenters. The van der Waals surface area contributed by atoms with Crippen LogP contribution in [0.15, 0.2) is 48.5 Å². The molecule has 3 rings (SSSR count). The van der Waals surface area contributed by atoms with Gasteiger partial charge in [-0.15, -0.1) is 0 Å². The van der Waals surface area contributed by atoms with E-state index in [1.54, 1.807) is 44.2 Å². The molecule has 0 bridgehead atoms. The minimum atomic E-state index is -3.41. The van der Waals surface area contributed by atoms with Crippen LogP contribution in [0.2, 0.25) is 0 Å². The molecule has 1 aliphatic rings. The maximum Gasteiger partial charge on any atom is 0.272 e. The fraction of sp³-hybridized carbons (Fsp3) is 0.483. The van der Waals surface area contributed by atoms with E-state index >= 15 is 8.78 Å². The number of likely N-dealkylation sites (tertiary alicyclic amines) is 1. The minimum absolute atomic E-state index is 0.00864. The van der Waals surface area contributed by atoms with Crippen LogP contribution in [0.3, 0.4) is 0 Å². The van der Waals surface area contributed by atoms with Gasteiger partial charge in [0, 0.05) is 17.2 Å². The van der Waals surface area contributed by atoms with Crippen molar-refractivity contribution in [2.45, 2.75) is 77.6 Å². The van der Waals surface area contributed by atoms with Crippen LogP contribution in [0.5, 0.6) is 5.75 Å². The lowest BCUT2D eigenvalue weighted by Gasteiger charge is -2.34. The fourth-order valence-corrected chi connectivity index (χ4v) is 4.76. The van der Waals surface area contributed by atoms with Gasteiger partial charge in [0.2, 0.25) is 5.91 Å². The first-order chi connectivity index (χ1) is 18.2. The number of halogens is 2. The number of aliphatic hydroxyl groups excluding tert-OH is 1. The van der Waals surface area contributed by atoms with Gasteiger partial charge in [-0.3, -0.25) is 14.4 Å². The Morgan fingerprint density at radius 3 is 2.33 bits per heavy atom. The van der Waals surface area contributed by atoms with Crippen LogP contribution in [0.4, 0.5) is 8.78 Å². The van der Waals surface area contributed by atoms with E-state index < -0.39 is 53.8 Å². The number of hydrogen-bond donors (Lipinski definition) is 4. The van der Waals surface area contributed by atoms with Gasteiger partial charge in [0.25, 0.3) is 17.7 Å². The Morgan fingerprint density at radius 2 is 1.72 bits per heavy atom. The molecule has 0 aromatic heterocycles. The number of amides is 3. The summed E-state index contributed by atoms with van der Waals surface area (Å²) in [6.07, 6.45) is -1.37. The molecule has 0 radical (unpaired) electrons. The van der Waals surface area contributed by atoms with Gasteiger partial charge in [-0.25, -0.2) is 8.78 Å². The molecular formula is C29H37F2N3O5. The molecule has 0 aliphatic carbocycles. The first-order valence-electron chi connectivity index (χ1n) is 13.0.